The Morgan fingerprint density at radius 1 is 0.780 bits per heavy atom. The SMILES string of the molecule is COc1ccc(-c2nn(-c3cc(C)ccc3C)c(OC(C)=O)c2-c2ccc(NC(=O)c3ccc(C)cc3)cc2)cc1. The number of carbonyl (C=O) groups is 2. The lowest BCUT2D eigenvalue weighted by atomic mass is 10.0. The monoisotopic (exact) mass is 545 g/mol. The number of nitrogens with zero attached hydrogens (tertiary/aromatic N) is 2. The van der Waals surface area contributed by atoms with E-state index >= 15 is 0 Å². The smallest absolute Gasteiger partial charge is 0.309 e. The maximum Gasteiger partial charge on any atom is 0.309 e. The number of hydrogen-bond donors (Lipinski definition) is 1. The number of hydrogen-bond acceptors (Lipinski definition) is 5. The number of esters is 1. The van der Waals surface area contributed by atoms with Crippen molar-refractivity contribution in [3.05, 3.63) is 113 Å². The highest BCUT2D eigenvalue weighted by molar-refractivity contribution is 6.04. The summed E-state index contributed by atoms with van der Waals surface area (Å²) in [5.41, 5.74) is 8.04. The predicted octanol–water partition coefficient (Wildman–Crippen LogP) is 7.32. The molecule has 7 heteroatoms. The van der Waals surface area contributed by atoms with Crippen LogP contribution in [0.1, 0.15) is 34.0 Å². The van der Waals surface area contributed by atoms with E-state index in [2.05, 4.69) is 5.32 Å². The number of nitrogens with one attached hydrogen (secondary N) is 1. The van der Waals surface area contributed by atoms with Crippen LogP contribution in [0.25, 0.3) is 28.1 Å². The summed E-state index contributed by atoms with van der Waals surface area (Å²) in [4.78, 5) is 25.1. The number of amides is 1. The summed E-state index contributed by atoms with van der Waals surface area (Å²) in [6.07, 6.45) is 0. The van der Waals surface area contributed by atoms with E-state index in [1.54, 1.807) is 23.9 Å². The molecule has 1 amide bonds. The van der Waals surface area contributed by atoms with Crippen LogP contribution in [0.2, 0.25) is 0 Å². The first-order valence-corrected chi connectivity index (χ1v) is 13.3. The maximum absolute atomic E-state index is 12.8. The molecule has 206 valence electrons. The Kier molecular flexibility index (Phi) is 7.70. The zero-order chi connectivity index (χ0) is 29.1. The van der Waals surface area contributed by atoms with Crippen molar-refractivity contribution in [2.75, 3.05) is 12.4 Å². The first-order chi connectivity index (χ1) is 19.7. The van der Waals surface area contributed by atoms with Crippen LogP contribution in [0.3, 0.4) is 0 Å². The summed E-state index contributed by atoms with van der Waals surface area (Å²) in [6, 6.07) is 28.5. The lowest BCUT2D eigenvalue weighted by Gasteiger charge is -2.12. The molecule has 1 aromatic heterocycles. The number of ether oxygens (including phenoxy) is 2. The number of benzene rings is 4. The third-order valence-corrected chi connectivity index (χ3v) is 6.78. The lowest BCUT2D eigenvalue weighted by molar-refractivity contribution is -0.132. The fraction of sp³-hybridized carbons (Fsp3) is 0.147. The minimum Gasteiger partial charge on any atom is -0.497 e. The Bertz CT molecular complexity index is 1720. The number of aromatic nitrogens is 2. The van der Waals surface area contributed by atoms with Gasteiger partial charge in [-0.2, -0.15) is 9.78 Å². The van der Waals surface area contributed by atoms with Gasteiger partial charge in [0.2, 0.25) is 5.88 Å². The molecule has 0 aliphatic carbocycles. The van der Waals surface area contributed by atoms with E-state index in [9.17, 15) is 9.59 Å². The van der Waals surface area contributed by atoms with Crippen molar-refractivity contribution >= 4 is 17.6 Å². The number of rotatable bonds is 7. The van der Waals surface area contributed by atoms with E-state index in [0.29, 0.717) is 28.4 Å². The summed E-state index contributed by atoms with van der Waals surface area (Å²) in [5, 5.41) is 7.93. The molecule has 5 aromatic rings. The highest BCUT2D eigenvalue weighted by atomic mass is 16.5. The summed E-state index contributed by atoms with van der Waals surface area (Å²) in [7, 11) is 1.62. The summed E-state index contributed by atoms with van der Waals surface area (Å²) >= 11 is 0. The van der Waals surface area contributed by atoms with Crippen molar-refractivity contribution in [3.8, 4) is 39.7 Å². The second kappa shape index (κ2) is 11.5. The van der Waals surface area contributed by atoms with Crippen LogP contribution in [-0.4, -0.2) is 28.8 Å². The Hall–Kier alpha value is -5.17. The van der Waals surface area contributed by atoms with Crippen LogP contribution >= 0.6 is 0 Å². The normalized spacial score (nSPS) is 10.8. The van der Waals surface area contributed by atoms with Gasteiger partial charge in [0.25, 0.3) is 5.91 Å². The van der Waals surface area contributed by atoms with Gasteiger partial charge in [0.05, 0.1) is 18.4 Å². The molecule has 0 aliphatic heterocycles. The second-order valence-corrected chi connectivity index (χ2v) is 9.95. The van der Waals surface area contributed by atoms with E-state index in [-0.39, 0.29) is 5.91 Å². The minimum absolute atomic E-state index is 0.194. The van der Waals surface area contributed by atoms with Crippen LogP contribution in [0.5, 0.6) is 11.6 Å². The molecule has 5 rings (SSSR count). The van der Waals surface area contributed by atoms with E-state index in [1.165, 1.54) is 6.92 Å². The predicted molar refractivity (Wildman–Crippen MR) is 161 cm³/mol. The third kappa shape index (κ3) is 5.89. The largest absolute Gasteiger partial charge is 0.497 e. The van der Waals surface area contributed by atoms with Gasteiger partial charge in [-0.1, -0.05) is 42.0 Å². The van der Waals surface area contributed by atoms with Gasteiger partial charge >= 0.3 is 5.97 Å². The average molecular weight is 546 g/mol. The minimum atomic E-state index is -0.457. The van der Waals surface area contributed by atoms with Crippen molar-refractivity contribution in [2.24, 2.45) is 0 Å². The molecule has 7 nitrogen and oxygen atoms in total. The quantitative estimate of drug-likeness (QED) is 0.217. The van der Waals surface area contributed by atoms with Crippen LogP contribution in [0.15, 0.2) is 91.0 Å². The molecule has 1 N–H and O–H groups in total. The second-order valence-electron chi connectivity index (χ2n) is 9.95. The molecule has 0 spiro atoms. The third-order valence-electron chi connectivity index (χ3n) is 6.78. The van der Waals surface area contributed by atoms with Crippen molar-refractivity contribution in [1.82, 2.24) is 9.78 Å². The zero-order valence-electron chi connectivity index (χ0n) is 23.7. The van der Waals surface area contributed by atoms with Gasteiger partial charge in [-0.3, -0.25) is 9.59 Å². The van der Waals surface area contributed by atoms with Crippen LogP contribution in [0.4, 0.5) is 5.69 Å². The van der Waals surface area contributed by atoms with E-state index in [4.69, 9.17) is 14.6 Å². The Labute approximate surface area is 239 Å². The van der Waals surface area contributed by atoms with Gasteiger partial charge in [0.1, 0.15) is 11.4 Å². The number of anilines is 1. The molecule has 0 saturated heterocycles. The molecule has 41 heavy (non-hydrogen) atoms. The van der Waals surface area contributed by atoms with Crippen molar-refractivity contribution in [3.63, 3.8) is 0 Å². The van der Waals surface area contributed by atoms with Crippen LogP contribution in [-0.2, 0) is 4.79 Å². The van der Waals surface area contributed by atoms with Gasteiger partial charge in [-0.25, -0.2) is 0 Å². The van der Waals surface area contributed by atoms with Gasteiger partial charge in [0, 0.05) is 23.7 Å². The molecule has 4 aromatic carbocycles. The van der Waals surface area contributed by atoms with Gasteiger partial charge in [-0.15, -0.1) is 0 Å². The number of aryl methyl sites for hydroxylation is 3. The van der Waals surface area contributed by atoms with E-state index < -0.39 is 5.97 Å². The average Bonchev–Trinajstić information content (AvgIpc) is 3.33. The fourth-order valence-electron chi connectivity index (χ4n) is 4.58. The molecule has 1 heterocycles. The maximum atomic E-state index is 12.8. The van der Waals surface area contributed by atoms with Crippen molar-refractivity contribution < 1.29 is 19.1 Å². The Balaban J connectivity index is 1.63. The standard InChI is InChI=1S/C34H31N3O4/c1-21-7-10-27(11-8-21)33(39)35-28-16-12-25(13-17-28)31-32(26-14-18-29(40-5)19-15-26)36-37(34(31)41-24(4)38)30-20-22(2)6-9-23(30)3/h6-20H,1-5H3,(H,35,39). The number of carbonyl (C=O) groups excluding carboxylic acids is 2. The lowest BCUT2D eigenvalue weighted by Crippen LogP contribution is -2.11. The highest BCUT2D eigenvalue weighted by Gasteiger charge is 2.25. The van der Waals surface area contributed by atoms with Crippen LogP contribution in [0, 0.1) is 20.8 Å². The van der Waals surface area contributed by atoms with Crippen molar-refractivity contribution in [1.29, 1.82) is 0 Å². The molecule has 0 atom stereocenters. The van der Waals surface area contributed by atoms with Gasteiger partial charge in [-0.05, 0) is 92.1 Å². The molecule has 0 unspecified atom stereocenters. The molecular formula is C34H31N3O4. The van der Waals surface area contributed by atoms with Crippen molar-refractivity contribution in [2.45, 2.75) is 27.7 Å². The summed E-state index contributed by atoms with van der Waals surface area (Å²) < 4.78 is 12.9. The molecule has 0 saturated carbocycles. The van der Waals surface area contributed by atoms with E-state index in [1.807, 2.05) is 99.6 Å². The molecule has 0 radical (unpaired) electrons. The highest BCUT2D eigenvalue weighted by Crippen LogP contribution is 2.42. The first kappa shape index (κ1) is 27.4. The molecule has 0 fully saturated rings. The molecular weight excluding hydrogens is 514 g/mol. The summed E-state index contributed by atoms with van der Waals surface area (Å²) in [6.45, 7) is 7.35. The topological polar surface area (TPSA) is 82.4 Å². The summed E-state index contributed by atoms with van der Waals surface area (Å²) in [5.74, 6) is 0.382. The Morgan fingerprint density at radius 2 is 1.41 bits per heavy atom. The Morgan fingerprint density at radius 3 is 2.05 bits per heavy atom. The fourth-order valence-corrected chi connectivity index (χ4v) is 4.58. The number of methoxy groups -OCH3 is 1. The molecule has 0 aliphatic rings. The molecule has 0 bridgehead atoms. The van der Waals surface area contributed by atoms with Crippen LogP contribution < -0.4 is 14.8 Å². The van der Waals surface area contributed by atoms with E-state index in [0.717, 1.165) is 39.3 Å². The zero-order valence-corrected chi connectivity index (χ0v) is 23.7. The van der Waals surface area contributed by atoms with Gasteiger partial charge < -0.3 is 14.8 Å². The first-order valence-electron chi connectivity index (χ1n) is 13.3. The van der Waals surface area contributed by atoms with Gasteiger partial charge in [0.15, 0.2) is 0 Å².